The molecule has 1 heterocycles. The molecule has 1 atom stereocenters. The molecule has 1 aliphatic rings. The Hall–Kier alpha value is 0.270. The minimum absolute atomic E-state index is 0.377. The lowest BCUT2D eigenvalue weighted by molar-refractivity contribution is 0.195. The first kappa shape index (κ1) is 15.3. The van der Waals surface area contributed by atoms with Gasteiger partial charge in [-0.3, -0.25) is 0 Å². The molecule has 1 N–H and O–H groups in total. The van der Waals surface area contributed by atoms with E-state index in [0.717, 1.165) is 0 Å². The first-order chi connectivity index (χ1) is 8.04. The minimum atomic E-state index is 0.377. The van der Waals surface area contributed by atoms with Gasteiger partial charge < -0.3 is 10.2 Å². The Balaban J connectivity index is 2.33. The predicted molar refractivity (Wildman–Crippen MR) is 79.9 cm³/mol. The maximum atomic E-state index is 3.71. The first-order valence-electron chi connectivity index (χ1n) is 6.98. The third-order valence-electron chi connectivity index (χ3n) is 3.60. The van der Waals surface area contributed by atoms with Crippen LogP contribution in [0.3, 0.4) is 0 Å². The maximum Gasteiger partial charge on any atom is 0.0243 e. The van der Waals surface area contributed by atoms with Gasteiger partial charge in [-0.05, 0) is 56.3 Å². The van der Waals surface area contributed by atoms with Crippen molar-refractivity contribution in [3.8, 4) is 0 Å². The lowest BCUT2D eigenvalue weighted by Crippen LogP contribution is -2.46. The highest BCUT2D eigenvalue weighted by atomic mass is 32.2. The molecule has 3 heteroatoms. The van der Waals surface area contributed by atoms with E-state index in [0.29, 0.717) is 11.5 Å². The Labute approximate surface area is 112 Å². The van der Waals surface area contributed by atoms with E-state index in [1.54, 1.807) is 0 Å². The number of nitrogens with zero attached hydrogens (tertiary/aromatic N) is 1. The van der Waals surface area contributed by atoms with Crippen molar-refractivity contribution in [3.63, 3.8) is 0 Å². The van der Waals surface area contributed by atoms with Crippen LogP contribution >= 0.6 is 11.8 Å². The maximum absolute atomic E-state index is 3.71. The lowest BCUT2D eigenvalue weighted by Gasteiger charge is -2.33. The third kappa shape index (κ3) is 6.12. The molecule has 0 spiro atoms. The van der Waals surface area contributed by atoms with Gasteiger partial charge in [0, 0.05) is 12.6 Å². The van der Waals surface area contributed by atoms with Gasteiger partial charge in [-0.1, -0.05) is 20.8 Å². The Morgan fingerprint density at radius 3 is 2.71 bits per heavy atom. The zero-order valence-corrected chi connectivity index (χ0v) is 12.9. The van der Waals surface area contributed by atoms with Crippen molar-refractivity contribution in [1.29, 1.82) is 0 Å². The van der Waals surface area contributed by atoms with Crippen LogP contribution in [0.15, 0.2) is 0 Å². The molecule has 102 valence electrons. The van der Waals surface area contributed by atoms with Crippen LogP contribution in [0.2, 0.25) is 0 Å². The molecule has 17 heavy (non-hydrogen) atoms. The second-order valence-electron chi connectivity index (χ2n) is 6.23. The lowest BCUT2D eigenvalue weighted by atomic mass is 9.86. The zero-order chi connectivity index (χ0) is 12.7. The van der Waals surface area contributed by atoms with Crippen LogP contribution in [0.25, 0.3) is 0 Å². The molecular weight excluding hydrogens is 228 g/mol. The summed E-state index contributed by atoms with van der Waals surface area (Å²) in [6.45, 7) is 12.0. The highest BCUT2D eigenvalue weighted by molar-refractivity contribution is 7.98. The van der Waals surface area contributed by atoms with Gasteiger partial charge in [0.25, 0.3) is 0 Å². The predicted octanol–water partition coefficient (Wildman–Crippen LogP) is 2.84. The Morgan fingerprint density at radius 1 is 1.29 bits per heavy atom. The van der Waals surface area contributed by atoms with Gasteiger partial charge in [0.15, 0.2) is 0 Å². The average Bonchev–Trinajstić information content (AvgIpc) is 2.49. The van der Waals surface area contributed by atoms with E-state index in [1.165, 1.54) is 51.2 Å². The van der Waals surface area contributed by atoms with Crippen LogP contribution in [-0.4, -0.2) is 49.1 Å². The number of unbranched alkanes of at least 4 members (excludes halogenated alkanes) is 1. The monoisotopic (exact) mass is 258 g/mol. The Kier molecular flexibility index (Phi) is 6.90. The minimum Gasteiger partial charge on any atom is -0.312 e. The molecule has 1 rings (SSSR count). The fourth-order valence-electron chi connectivity index (χ4n) is 2.36. The summed E-state index contributed by atoms with van der Waals surface area (Å²) in [6.07, 6.45) is 6.23. The van der Waals surface area contributed by atoms with Crippen LogP contribution < -0.4 is 5.32 Å². The van der Waals surface area contributed by atoms with E-state index in [4.69, 9.17) is 0 Å². The molecule has 0 amide bonds. The normalized spacial score (nSPS) is 23.6. The van der Waals surface area contributed by atoms with E-state index in [9.17, 15) is 0 Å². The van der Waals surface area contributed by atoms with E-state index < -0.39 is 0 Å². The SMILES string of the molecule is CSCCCCN1CCCNC(C(C)(C)C)C1. The van der Waals surface area contributed by atoms with Crippen LogP contribution in [0.4, 0.5) is 0 Å². The molecule has 0 radical (unpaired) electrons. The van der Waals surface area contributed by atoms with E-state index in [1.807, 2.05) is 11.8 Å². The standard InChI is InChI=1S/C14H30N2S/c1-14(2,3)13-12-16(10-7-8-15-13)9-5-6-11-17-4/h13,15H,5-12H2,1-4H3. The fraction of sp³-hybridized carbons (Fsp3) is 1.00. The molecule has 0 aromatic rings. The first-order valence-corrected chi connectivity index (χ1v) is 8.38. The van der Waals surface area contributed by atoms with E-state index in [2.05, 4.69) is 37.2 Å². The quantitative estimate of drug-likeness (QED) is 0.764. The van der Waals surface area contributed by atoms with Crippen molar-refractivity contribution < 1.29 is 0 Å². The fourth-order valence-corrected chi connectivity index (χ4v) is 2.85. The van der Waals surface area contributed by atoms with Crippen molar-refractivity contribution in [1.82, 2.24) is 10.2 Å². The van der Waals surface area contributed by atoms with Crippen LogP contribution in [0.1, 0.15) is 40.0 Å². The summed E-state index contributed by atoms with van der Waals surface area (Å²) >= 11 is 1.97. The summed E-state index contributed by atoms with van der Waals surface area (Å²) in [5.74, 6) is 1.31. The number of hydrogen-bond acceptors (Lipinski definition) is 3. The summed E-state index contributed by atoms with van der Waals surface area (Å²) in [5, 5.41) is 3.71. The summed E-state index contributed by atoms with van der Waals surface area (Å²) in [5.41, 5.74) is 0.377. The molecular formula is C14H30N2S. The largest absolute Gasteiger partial charge is 0.312 e. The van der Waals surface area contributed by atoms with Gasteiger partial charge in [0.1, 0.15) is 0 Å². The molecule has 0 saturated carbocycles. The zero-order valence-electron chi connectivity index (χ0n) is 12.1. The topological polar surface area (TPSA) is 15.3 Å². The van der Waals surface area contributed by atoms with Crippen LogP contribution in [-0.2, 0) is 0 Å². The summed E-state index contributed by atoms with van der Waals surface area (Å²) in [4.78, 5) is 2.66. The van der Waals surface area contributed by atoms with Crippen molar-refractivity contribution >= 4 is 11.8 Å². The number of hydrogen-bond donors (Lipinski definition) is 1. The van der Waals surface area contributed by atoms with Gasteiger partial charge in [-0.2, -0.15) is 11.8 Å². The summed E-state index contributed by atoms with van der Waals surface area (Å²) in [7, 11) is 0. The van der Waals surface area contributed by atoms with Crippen molar-refractivity contribution in [2.75, 3.05) is 38.2 Å². The molecule has 0 bridgehead atoms. The molecule has 0 aromatic carbocycles. The number of thioether (sulfide) groups is 1. The van der Waals surface area contributed by atoms with Crippen LogP contribution in [0, 0.1) is 5.41 Å². The van der Waals surface area contributed by atoms with Gasteiger partial charge in [0.2, 0.25) is 0 Å². The van der Waals surface area contributed by atoms with Gasteiger partial charge in [0.05, 0.1) is 0 Å². The van der Waals surface area contributed by atoms with Crippen molar-refractivity contribution in [2.24, 2.45) is 5.41 Å². The van der Waals surface area contributed by atoms with E-state index in [-0.39, 0.29) is 0 Å². The molecule has 0 aromatic heterocycles. The molecule has 1 unspecified atom stereocenters. The van der Waals surface area contributed by atoms with Crippen LogP contribution in [0.5, 0.6) is 0 Å². The summed E-state index contributed by atoms with van der Waals surface area (Å²) < 4.78 is 0. The molecule has 2 nitrogen and oxygen atoms in total. The number of nitrogens with one attached hydrogen (secondary N) is 1. The molecule has 1 fully saturated rings. The van der Waals surface area contributed by atoms with Gasteiger partial charge >= 0.3 is 0 Å². The molecule has 1 aliphatic heterocycles. The second-order valence-corrected chi connectivity index (χ2v) is 7.21. The second kappa shape index (κ2) is 7.65. The third-order valence-corrected chi connectivity index (χ3v) is 4.30. The van der Waals surface area contributed by atoms with Crippen molar-refractivity contribution in [3.05, 3.63) is 0 Å². The summed E-state index contributed by atoms with van der Waals surface area (Å²) in [6, 6.07) is 0.644. The Morgan fingerprint density at radius 2 is 2.06 bits per heavy atom. The van der Waals surface area contributed by atoms with Gasteiger partial charge in [-0.15, -0.1) is 0 Å². The smallest absolute Gasteiger partial charge is 0.0243 e. The highest BCUT2D eigenvalue weighted by Crippen LogP contribution is 2.21. The van der Waals surface area contributed by atoms with Gasteiger partial charge in [-0.25, -0.2) is 0 Å². The molecule has 1 saturated heterocycles. The highest BCUT2D eigenvalue weighted by Gasteiger charge is 2.27. The van der Waals surface area contributed by atoms with E-state index >= 15 is 0 Å². The number of rotatable bonds is 5. The van der Waals surface area contributed by atoms with Crippen molar-refractivity contribution in [2.45, 2.75) is 46.1 Å². The molecule has 0 aliphatic carbocycles. The average molecular weight is 258 g/mol. The Bertz CT molecular complexity index is 201.